The Balaban J connectivity index is 1.37. The fraction of sp³-hybridized carbons (Fsp3) is 0.480. The second kappa shape index (κ2) is 10.5. The first-order valence-electron chi connectivity index (χ1n) is 11.3. The van der Waals surface area contributed by atoms with Gasteiger partial charge >= 0.3 is 0 Å². The van der Waals surface area contributed by atoms with E-state index >= 15 is 0 Å². The Hall–Kier alpha value is -2.05. The molecule has 2 aromatic carbocycles. The minimum absolute atomic E-state index is 0.291. The molecule has 2 N–H and O–H groups in total. The Morgan fingerprint density at radius 1 is 0.939 bits per heavy atom. The zero-order chi connectivity index (χ0) is 23.5. The van der Waals surface area contributed by atoms with Crippen LogP contribution in [-0.2, 0) is 12.8 Å². The van der Waals surface area contributed by atoms with Gasteiger partial charge in [0.15, 0.2) is 6.29 Å². The van der Waals surface area contributed by atoms with Gasteiger partial charge in [-0.3, -0.25) is 4.90 Å². The number of aryl methyl sites for hydroxylation is 2. The molecule has 8 heteroatoms. The van der Waals surface area contributed by atoms with Gasteiger partial charge < -0.3 is 19.7 Å². The molecule has 2 heterocycles. The smallest absolute Gasteiger partial charge is 0.159 e. The van der Waals surface area contributed by atoms with E-state index in [1.807, 2.05) is 11.6 Å². The van der Waals surface area contributed by atoms with Gasteiger partial charge in [0.25, 0.3) is 0 Å². The molecule has 0 saturated carbocycles. The molecule has 2 aromatic rings. The first-order chi connectivity index (χ1) is 15.8. The first kappa shape index (κ1) is 24.1. The van der Waals surface area contributed by atoms with E-state index in [2.05, 4.69) is 6.30 Å². The number of aliphatic hydroxyl groups excluding tert-OH is 2. The third-order valence-electron chi connectivity index (χ3n) is 6.19. The SMILES string of the molecule is C=[P+](C)CN(CC(O)C1CCc2cc(F)ccc2O1)CC(O)C1CCc2cc(F)ccc2O1. The third kappa shape index (κ3) is 6.10. The summed E-state index contributed by atoms with van der Waals surface area (Å²) in [4.78, 5) is 2.01. The van der Waals surface area contributed by atoms with Crippen LogP contribution < -0.4 is 9.47 Å². The standard InChI is InChI=1S/C25H31F2NO4P/c1-33(2)15-28(13-20(29)24-7-3-16-11-18(26)5-9-22(16)31-24)14-21(30)25-8-4-17-12-19(27)6-10-23(17)32-25/h5-6,9-12,20-21,24-25,29-30H,1,3-4,7-8,13-15H2,2H3/q+1. The van der Waals surface area contributed by atoms with Crippen molar-refractivity contribution in [3.8, 4) is 11.5 Å². The monoisotopic (exact) mass is 478 g/mol. The topological polar surface area (TPSA) is 62.2 Å². The maximum absolute atomic E-state index is 13.5. The van der Waals surface area contributed by atoms with E-state index in [0.717, 1.165) is 11.1 Å². The Morgan fingerprint density at radius 3 is 1.82 bits per heavy atom. The fourth-order valence-corrected chi connectivity index (χ4v) is 5.51. The number of hydrogen-bond donors (Lipinski definition) is 2. The van der Waals surface area contributed by atoms with Crippen LogP contribution in [-0.4, -0.2) is 71.9 Å². The zero-order valence-corrected chi connectivity index (χ0v) is 19.7. The molecular formula is C25H31F2NO4P+. The Morgan fingerprint density at radius 2 is 1.39 bits per heavy atom. The molecule has 0 spiro atoms. The number of benzene rings is 2. The van der Waals surface area contributed by atoms with Crippen molar-refractivity contribution >= 4 is 13.8 Å². The molecule has 178 valence electrons. The molecule has 0 aromatic heterocycles. The molecule has 5 nitrogen and oxygen atoms in total. The highest BCUT2D eigenvalue weighted by atomic mass is 31.1. The van der Waals surface area contributed by atoms with Crippen molar-refractivity contribution in [1.82, 2.24) is 4.90 Å². The van der Waals surface area contributed by atoms with Crippen molar-refractivity contribution in [2.24, 2.45) is 0 Å². The van der Waals surface area contributed by atoms with E-state index in [9.17, 15) is 19.0 Å². The van der Waals surface area contributed by atoms with Crippen LogP contribution >= 0.6 is 7.55 Å². The number of ether oxygens (including phenoxy) is 2. The van der Waals surface area contributed by atoms with Crippen molar-refractivity contribution in [1.29, 1.82) is 0 Å². The molecule has 5 atom stereocenters. The van der Waals surface area contributed by atoms with Crippen LogP contribution in [0.3, 0.4) is 0 Å². The highest BCUT2D eigenvalue weighted by Crippen LogP contribution is 2.31. The highest BCUT2D eigenvalue weighted by Gasteiger charge is 2.32. The summed E-state index contributed by atoms with van der Waals surface area (Å²) in [6, 6.07) is 8.89. The Kier molecular flexibility index (Phi) is 7.65. The summed E-state index contributed by atoms with van der Waals surface area (Å²) in [6.07, 6.45) is 4.93. The number of hydrogen-bond acceptors (Lipinski definition) is 5. The summed E-state index contributed by atoms with van der Waals surface area (Å²) in [5, 5.41) is 21.8. The largest absolute Gasteiger partial charge is 0.487 e. The maximum Gasteiger partial charge on any atom is 0.159 e. The van der Waals surface area contributed by atoms with E-state index in [1.54, 1.807) is 12.1 Å². The van der Waals surface area contributed by atoms with E-state index in [0.29, 0.717) is 56.6 Å². The lowest BCUT2D eigenvalue weighted by Gasteiger charge is -2.34. The van der Waals surface area contributed by atoms with Crippen molar-refractivity contribution in [2.45, 2.75) is 50.1 Å². The van der Waals surface area contributed by atoms with Crippen LogP contribution in [0, 0.1) is 11.6 Å². The molecule has 2 aliphatic rings. The number of aliphatic hydroxyl groups is 2. The summed E-state index contributed by atoms with van der Waals surface area (Å²) >= 11 is 0. The van der Waals surface area contributed by atoms with Gasteiger partial charge in [0.2, 0.25) is 0 Å². The highest BCUT2D eigenvalue weighted by molar-refractivity contribution is 7.54. The lowest BCUT2D eigenvalue weighted by atomic mass is 9.98. The van der Waals surface area contributed by atoms with Crippen molar-refractivity contribution in [3.63, 3.8) is 0 Å². The first-order valence-corrected chi connectivity index (χ1v) is 13.4. The lowest BCUT2D eigenvalue weighted by Crippen LogP contribution is -2.48. The molecule has 0 radical (unpaired) electrons. The van der Waals surface area contributed by atoms with Crippen LogP contribution in [0.25, 0.3) is 0 Å². The molecule has 5 unspecified atom stereocenters. The number of halogens is 2. The van der Waals surface area contributed by atoms with Crippen LogP contribution in [0.5, 0.6) is 11.5 Å². The molecular weight excluding hydrogens is 447 g/mol. The predicted octanol–water partition coefficient (Wildman–Crippen LogP) is 3.58. The van der Waals surface area contributed by atoms with E-state index in [1.165, 1.54) is 24.3 Å². The van der Waals surface area contributed by atoms with Gasteiger partial charge in [0.05, 0.1) is 20.5 Å². The molecule has 4 rings (SSSR count). The van der Waals surface area contributed by atoms with Crippen molar-refractivity contribution in [3.05, 3.63) is 59.2 Å². The molecule has 33 heavy (non-hydrogen) atoms. The lowest BCUT2D eigenvalue weighted by molar-refractivity contribution is -0.0229. The maximum atomic E-state index is 13.5. The molecule has 2 aliphatic heterocycles. The molecule has 0 amide bonds. The van der Waals surface area contributed by atoms with Gasteiger partial charge in [-0.25, -0.2) is 8.78 Å². The second-order valence-corrected chi connectivity index (χ2v) is 11.1. The molecule has 0 saturated heterocycles. The van der Waals surface area contributed by atoms with E-state index in [4.69, 9.17) is 9.47 Å². The molecule has 0 bridgehead atoms. The average Bonchev–Trinajstić information content (AvgIpc) is 2.77. The van der Waals surface area contributed by atoms with Gasteiger partial charge in [0.1, 0.15) is 47.5 Å². The van der Waals surface area contributed by atoms with Gasteiger partial charge in [-0.1, -0.05) is 0 Å². The number of fused-ring (bicyclic) bond motifs is 2. The average molecular weight is 478 g/mol. The predicted molar refractivity (Wildman–Crippen MR) is 127 cm³/mol. The van der Waals surface area contributed by atoms with E-state index < -0.39 is 32.0 Å². The number of nitrogens with zero attached hydrogens (tertiary/aromatic N) is 1. The summed E-state index contributed by atoms with van der Waals surface area (Å²) in [5.41, 5.74) is 1.63. The number of rotatable bonds is 8. The Labute approximate surface area is 194 Å². The summed E-state index contributed by atoms with van der Waals surface area (Å²) < 4.78 is 38.8. The summed E-state index contributed by atoms with van der Waals surface area (Å²) in [5.74, 6) is 0.639. The van der Waals surface area contributed by atoms with Crippen molar-refractivity contribution < 1.29 is 28.5 Å². The summed E-state index contributed by atoms with van der Waals surface area (Å²) in [6.45, 7) is 2.70. The van der Waals surface area contributed by atoms with Gasteiger partial charge in [-0.2, -0.15) is 0 Å². The van der Waals surface area contributed by atoms with Gasteiger partial charge in [-0.15, -0.1) is 0 Å². The van der Waals surface area contributed by atoms with E-state index in [-0.39, 0.29) is 11.6 Å². The minimum Gasteiger partial charge on any atom is -0.487 e. The van der Waals surface area contributed by atoms with Crippen molar-refractivity contribution in [2.75, 3.05) is 26.0 Å². The van der Waals surface area contributed by atoms with Gasteiger partial charge in [0, 0.05) is 13.1 Å². The minimum atomic E-state index is -0.763. The van der Waals surface area contributed by atoms with Crippen LogP contribution in [0.2, 0.25) is 0 Å². The van der Waals surface area contributed by atoms with Crippen LogP contribution in [0.15, 0.2) is 36.4 Å². The fourth-order valence-electron chi connectivity index (χ4n) is 4.59. The quantitative estimate of drug-likeness (QED) is 0.568. The molecule has 0 fully saturated rings. The van der Waals surface area contributed by atoms with Gasteiger partial charge in [-0.05, 0) is 73.2 Å². The third-order valence-corrected chi connectivity index (χ3v) is 7.07. The van der Waals surface area contributed by atoms with Crippen LogP contribution in [0.1, 0.15) is 24.0 Å². The van der Waals surface area contributed by atoms with Crippen LogP contribution in [0.4, 0.5) is 8.78 Å². The normalized spacial score (nSPS) is 21.9. The second-order valence-electron chi connectivity index (χ2n) is 9.06. The molecule has 0 aliphatic carbocycles. The summed E-state index contributed by atoms with van der Waals surface area (Å²) in [7, 11) is -0.539. The Bertz CT molecular complexity index is 933. The zero-order valence-electron chi connectivity index (χ0n) is 18.8.